The van der Waals surface area contributed by atoms with Gasteiger partial charge in [0.2, 0.25) is 0 Å². The van der Waals surface area contributed by atoms with Crippen molar-refractivity contribution in [3.05, 3.63) is 29.8 Å². The summed E-state index contributed by atoms with van der Waals surface area (Å²) in [6, 6.07) is 7.96. The molecule has 0 aromatic heterocycles. The first kappa shape index (κ1) is 11.0. The summed E-state index contributed by atoms with van der Waals surface area (Å²) >= 11 is 0. The molecule has 0 radical (unpaired) electrons. The second kappa shape index (κ2) is 3.96. The smallest absolute Gasteiger partial charge is 0.0713 e. The van der Waals surface area contributed by atoms with Crippen molar-refractivity contribution in [1.82, 2.24) is 5.53 Å². The Kier molecular flexibility index (Phi) is 3.10. The topological polar surface area (TPSA) is 67.3 Å². The molecule has 0 heterocycles. The van der Waals surface area contributed by atoms with E-state index in [9.17, 15) is 0 Å². The number of benzene rings is 1. The molecule has 4 heteroatoms. The number of nitrogens with one attached hydrogen (secondary N) is 1. The molecule has 0 aliphatic carbocycles. The molecule has 5 N–H and O–H groups in total. The maximum absolute atomic E-state index is 5.55. The molecule has 0 saturated carbocycles. The largest absolute Gasteiger partial charge is 0.252 e. The Morgan fingerprint density at radius 1 is 1.14 bits per heavy atom. The quantitative estimate of drug-likeness (QED) is 0.486. The lowest BCUT2D eigenvalue weighted by molar-refractivity contribution is 0.589. The lowest BCUT2D eigenvalue weighted by Crippen LogP contribution is -2.48. The van der Waals surface area contributed by atoms with Crippen molar-refractivity contribution in [2.24, 2.45) is 11.7 Å². The van der Waals surface area contributed by atoms with Gasteiger partial charge in [0, 0.05) is 0 Å². The first-order chi connectivity index (χ1) is 6.45. The van der Waals surface area contributed by atoms with Crippen molar-refractivity contribution < 1.29 is 0 Å². The zero-order chi connectivity index (χ0) is 10.8. The van der Waals surface area contributed by atoms with Crippen LogP contribution in [0.4, 0.5) is 5.69 Å². The molecule has 0 aliphatic heterocycles. The summed E-state index contributed by atoms with van der Waals surface area (Å²) in [5, 5.41) is 1.27. The van der Waals surface area contributed by atoms with Crippen molar-refractivity contribution in [3.63, 3.8) is 0 Å². The van der Waals surface area contributed by atoms with E-state index in [1.54, 1.807) is 0 Å². The molecule has 0 aliphatic rings. The van der Waals surface area contributed by atoms with Crippen LogP contribution in [0.2, 0.25) is 0 Å². The van der Waals surface area contributed by atoms with Gasteiger partial charge in [0.1, 0.15) is 0 Å². The third-order valence-corrected chi connectivity index (χ3v) is 2.15. The van der Waals surface area contributed by atoms with E-state index in [-0.39, 0.29) is 5.41 Å². The van der Waals surface area contributed by atoms with Crippen LogP contribution in [-0.2, 0) is 5.41 Å². The number of hydrogen-bond donors (Lipinski definition) is 3. The molecule has 1 aromatic carbocycles. The summed E-state index contributed by atoms with van der Waals surface area (Å²) in [5.41, 5.74) is 4.62. The van der Waals surface area contributed by atoms with E-state index in [0.717, 1.165) is 5.69 Å². The van der Waals surface area contributed by atoms with E-state index in [1.807, 2.05) is 24.3 Å². The average molecular weight is 194 g/mol. The van der Waals surface area contributed by atoms with Gasteiger partial charge < -0.3 is 0 Å². The second-order valence-electron chi connectivity index (χ2n) is 4.30. The molecule has 0 unspecified atom stereocenters. The fraction of sp³-hybridized carbons (Fsp3) is 0.400. The Labute approximate surface area is 84.8 Å². The Hall–Kier alpha value is -1.10. The lowest BCUT2D eigenvalue weighted by atomic mass is 9.87. The van der Waals surface area contributed by atoms with Crippen molar-refractivity contribution in [1.29, 1.82) is 0 Å². The molecule has 1 rings (SSSR count). The number of anilines is 1. The summed E-state index contributed by atoms with van der Waals surface area (Å²) in [7, 11) is 0. The predicted octanol–water partition coefficient (Wildman–Crippen LogP) is 1.04. The Morgan fingerprint density at radius 3 is 2.00 bits per heavy atom. The van der Waals surface area contributed by atoms with Gasteiger partial charge in [-0.15, -0.1) is 0 Å². The zero-order valence-electron chi connectivity index (χ0n) is 8.91. The van der Waals surface area contributed by atoms with Gasteiger partial charge in [0.25, 0.3) is 0 Å². The first-order valence-electron chi connectivity index (χ1n) is 4.57. The van der Waals surface area contributed by atoms with E-state index >= 15 is 0 Å². The van der Waals surface area contributed by atoms with E-state index in [1.165, 1.54) is 10.7 Å². The fourth-order valence-corrected chi connectivity index (χ4v) is 1.20. The fourth-order valence-electron chi connectivity index (χ4n) is 1.20. The Balaban J connectivity index is 2.89. The standard InChI is InChI=1S/C10H18N4/c1-10(2,3)8-4-6-9(7-5-8)14(12)13-11/h4-7,13H,11-12H2,1-3H3. The number of nitrogens with zero attached hydrogens (tertiary/aromatic N) is 1. The molecular formula is C10H18N4. The average Bonchev–Trinajstić information content (AvgIpc) is 2.15. The third-order valence-electron chi connectivity index (χ3n) is 2.15. The van der Waals surface area contributed by atoms with Gasteiger partial charge in [-0.25, -0.2) is 11.0 Å². The number of nitrogens with two attached hydrogens (primary N) is 2. The SMILES string of the molecule is CC(C)(C)c1ccc(N(N)NN)cc1. The molecule has 0 spiro atoms. The van der Waals surface area contributed by atoms with Crippen LogP contribution in [0.25, 0.3) is 0 Å². The van der Waals surface area contributed by atoms with Gasteiger partial charge >= 0.3 is 0 Å². The van der Waals surface area contributed by atoms with Gasteiger partial charge in [-0.2, -0.15) is 5.53 Å². The molecule has 78 valence electrons. The van der Waals surface area contributed by atoms with E-state index in [4.69, 9.17) is 11.7 Å². The van der Waals surface area contributed by atoms with Gasteiger partial charge in [-0.1, -0.05) is 32.9 Å². The minimum Gasteiger partial charge on any atom is -0.252 e. The highest BCUT2D eigenvalue weighted by Crippen LogP contribution is 2.23. The summed E-state index contributed by atoms with van der Waals surface area (Å²) < 4.78 is 0. The highest BCUT2D eigenvalue weighted by molar-refractivity contribution is 5.46. The molecule has 1 aromatic rings. The van der Waals surface area contributed by atoms with Crippen molar-refractivity contribution in [2.45, 2.75) is 26.2 Å². The summed E-state index contributed by atoms with van der Waals surface area (Å²) in [4.78, 5) is 0. The van der Waals surface area contributed by atoms with Crippen LogP contribution in [-0.4, -0.2) is 0 Å². The second-order valence-corrected chi connectivity index (χ2v) is 4.30. The van der Waals surface area contributed by atoms with Crippen LogP contribution in [0, 0.1) is 0 Å². The monoisotopic (exact) mass is 194 g/mol. The molecule has 0 atom stereocenters. The van der Waals surface area contributed by atoms with Crippen LogP contribution < -0.4 is 22.3 Å². The van der Waals surface area contributed by atoms with Crippen LogP contribution in [0.15, 0.2) is 24.3 Å². The lowest BCUT2D eigenvalue weighted by Gasteiger charge is -2.21. The predicted molar refractivity (Wildman–Crippen MR) is 59.1 cm³/mol. The van der Waals surface area contributed by atoms with Crippen molar-refractivity contribution in [3.8, 4) is 0 Å². The van der Waals surface area contributed by atoms with Crippen molar-refractivity contribution >= 4 is 5.69 Å². The molecule has 0 saturated heterocycles. The van der Waals surface area contributed by atoms with E-state index in [2.05, 4.69) is 26.3 Å². The van der Waals surface area contributed by atoms with Gasteiger partial charge in [-0.05, 0) is 23.1 Å². The first-order valence-corrected chi connectivity index (χ1v) is 4.57. The van der Waals surface area contributed by atoms with Crippen LogP contribution >= 0.6 is 0 Å². The summed E-state index contributed by atoms with van der Waals surface area (Å²) in [6.07, 6.45) is 0. The maximum Gasteiger partial charge on any atom is 0.0713 e. The van der Waals surface area contributed by atoms with Crippen LogP contribution in [0.1, 0.15) is 26.3 Å². The molecule has 0 amide bonds. The summed E-state index contributed by atoms with van der Waals surface area (Å²) in [6.45, 7) is 6.51. The highest BCUT2D eigenvalue weighted by atomic mass is 15.7. The zero-order valence-corrected chi connectivity index (χ0v) is 8.91. The van der Waals surface area contributed by atoms with Crippen molar-refractivity contribution in [2.75, 3.05) is 5.12 Å². The Morgan fingerprint density at radius 2 is 1.64 bits per heavy atom. The van der Waals surface area contributed by atoms with Crippen LogP contribution in [0.5, 0.6) is 0 Å². The number of hydrazine groups is 3. The molecule has 0 bridgehead atoms. The number of rotatable bonds is 2. The van der Waals surface area contributed by atoms with E-state index in [0.29, 0.717) is 0 Å². The van der Waals surface area contributed by atoms with Gasteiger partial charge in [0.15, 0.2) is 0 Å². The Bertz CT molecular complexity index is 286. The van der Waals surface area contributed by atoms with Gasteiger partial charge in [-0.3, -0.25) is 5.84 Å². The van der Waals surface area contributed by atoms with Crippen LogP contribution in [0.3, 0.4) is 0 Å². The molecule has 4 nitrogen and oxygen atoms in total. The van der Waals surface area contributed by atoms with E-state index < -0.39 is 0 Å². The molecule has 14 heavy (non-hydrogen) atoms. The highest BCUT2D eigenvalue weighted by Gasteiger charge is 2.13. The normalized spacial score (nSPS) is 11.5. The molecular weight excluding hydrogens is 176 g/mol. The minimum atomic E-state index is 0.161. The maximum atomic E-state index is 5.55. The number of hydrogen-bond acceptors (Lipinski definition) is 4. The minimum absolute atomic E-state index is 0.161. The summed E-state index contributed by atoms with van der Waals surface area (Å²) in [5.74, 6) is 10.7. The molecule has 0 fully saturated rings. The third kappa shape index (κ3) is 2.45. The van der Waals surface area contributed by atoms with Gasteiger partial charge in [0.05, 0.1) is 5.69 Å².